The summed E-state index contributed by atoms with van der Waals surface area (Å²) in [6.45, 7) is 2.51. The summed E-state index contributed by atoms with van der Waals surface area (Å²) in [7, 11) is 3.69. The molecule has 92 valence electrons. The van der Waals surface area contributed by atoms with Gasteiger partial charge in [-0.05, 0) is 49.5 Å². The third kappa shape index (κ3) is 2.68. The van der Waals surface area contributed by atoms with Gasteiger partial charge in [0.1, 0.15) is 0 Å². The molecule has 1 saturated heterocycles. The number of rotatable bonds is 2. The fraction of sp³-hybridized carbons (Fsp3) is 0.429. The summed E-state index contributed by atoms with van der Waals surface area (Å²) in [6.07, 6.45) is 3.23. The number of hydrogen-bond acceptors (Lipinski definition) is 2. The van der Waals surface area contributed by atoms with Gasteiger partial charge >= 0.3 is 0 Å². The number of nitrogens with zero attached hydrogens (tertiary/aromatic N) is 1. The maximum absolute atomic E-state index is 4.50. The minimum atomic E-state index is 0.863. The van der Waals surface area contributed by atoms with Gasteiger partial charge in [-0.15, -0.1) is 0 Å². The van der Waals surface area contributed by atoms with Crippen molar-refractivity contribution in [3.05, 3.63) is 36.0 Å². The van der Waals surface area contributed by atoms with Crippen molar-refractivity contribution >= 4 is 10.9 Å². The van der Waals surface area contributed by atoms with E-state index < -0.39 is 0 Å². The summed E-state index contributed by atoms with van der Waals surface area (Å²) in [5.41, 5.74) is 7.23. The molecule has 1 aromatic carbocycles. The van der Waals surface area contributed by atoms with E-state index in [0.717, 1.165) is 5.92 Å². The third-order valence-corrected chi connectivity index (χ3v) is 3.28. The summed E-state index contributed by atoms with van der Waals surface area (Å²) in [4.78, 5) is 5.64. The summed E-state index contributed by atoms with van der Waals surface area (Å²) >= 11 is 0. The van der Waals surface area contributed by atoms with E-state index in [9.17, 15) is 0 Å². The van der Waals surface area contributed by atoms with Crippen LogP contribution in [0, 0.1) is 5.92 Å². The predicted molar refractivity (Wildman–Crippen MR) is 73.1 cm³/mol. The summed E-state index contributed by atoms with van der Waals surface area (Å²) < 4.78 is 0. The molecule has 0 unspecified atom stereocenters. The molecule has 0 bridgehead atoms. The first-order chi connectivity index (χ1) is 8.31. The van der Waals surface area contributed by atoms with Crippen molar-refractivity contribution in [1.29, 1.82) is 0 Å². The Kier molecular flexibility index (Phi) is 3.82. The second-order valence-corrected chi connectivity index (χ2v) is 4.69. The molecule has 0 radical (unpaired) electrons. The van der Waals surface area contributed by atoms with Gasteiger partial charge in [-0.2, -0.15) is 0 Å². The molecule has 0 aliphatic carbocycles. The first-order valence-electron chi connectivity index (χ1n) is 6.13. The van der Waals surface area contributed by atoms with Crippen molar-refractivity contribution in [2.45, 2.75) is 6.42 Å². The lowest BCUT2D eigenvalue weighted by Crippen LogP contribution is -2.44. The Bertz CT molecular complexity index is 469. The Morgan fingerprint density at radius 2 is 2.06 bits per heavy atom. The van der Waals surface area contributed by atoms with E-state index in [0.29, 0.717) is 0 Å². The van der Waals surface area contributed by atoms with Crippen LogP contribution in [0.1, 0.15) is 5.56 Å². The van der Waals surface area contributed by atoms with E-state index in [-0.39, 0.29) is 0 Å². The van der Waals surface area contributed by atoms with Crippen molar-refractivity contribution in [1.82, 2.24) is 9.88 Å². The highest BCUT2D eigenvalue weighted by Gasteiger charge is 2.22. The minimum absolute atomic E-state index is 0.863. The number of benzene rings is 1. The average Bonchev–Trinajstić information content (AvgIpc) is 2.77. The summed E-state index contributed by atoms with van der Waals surface area (Å²) in [5.74, 6) is 0.863. The van der Waals surface area contributed by atoms with Gasteiger partial charge in [-0.3, -0.25) is 0 Å². The molecule has 0 saturated carbocycles. The smallest absolute Gasteiger partial charge is 0.0456 e. The van der Waals surface area contributed by atoms with Gasteiger partial charge < -0.3 is 15.6 Å². The number of H-pyrrole nitrogens is 1. The highest BCUT2D eigenvalue weighted by atomic mass is 15.2. The highest BCUT2D eigenvalue weighted by Crippen LogP contribution is 2.21. The number of likely N-dealkylation sites (tertiary alicyclic amines) is 1. The quantitative estimate of drug-likeness (QED) is 0.828. The molecule has 1 aliphatic heterocycles. The predicted octanol–water partition coefficient (Wildman–Crippen LogP) is 1.85. The zero-order valence-corrected chi connectivity index (χ0v) is 10.6. The Morgan fingerprint density at radius 1 is 1.29 bits per heavy atom. The molecule has 17 heavy (non-hydrogen) atoms. The molecule has 2 heterocycles. The maximum atomic E-state index is 4.50. The maximum Gasteiger partial charge on any atom is 0.0456 e. The van der Waals surface area contributed by atoms with E-state index in [2.05, 4.69) is 46.9 Å². The second kappa shape index (κ2) is 5.34. The molecule has 0 spiro atoms. The van der Waals surface area contributed by atoms with Crippen LogP contribution in [-0.4, -0.2) is 37.1 Å². The monoisotopic (exact) mass is 231 g/mol. The van der Waals surface area contributed by atoms with Crippen molar-refractivity contribution in [3.63, 3.8) is 0 Å². The Labute approximate surface area is 103 Å². The topological polar surface area (TPSA) is 45.0 Å². The molecule has 1 aliphatic rings. The number of aromatic nitrogens is 1. The number of hydrogen-bond donors (Lipinski definition) is 2. The largest absolute Gasteiger partial charge is 0.361 e. The SMILES string of the molecule is CN.CN1CC(Cc2ccc3cc[nH]c3c2)C1. The molecular formula is C14H21N3. The van der Waals surface area contributed by atoms with Crippen molar-refractivity contribution < 1.29 is 0 Å². The standard InChI is InChI=1S/C13H16N2.CH5N/c1-15-8-11(9-15)6-10-2-3-12-4-5-14-13(12)7-10;1-2/h2-5,7,11,14H,6,8-9H2,1H3;2H2,1H3. The lowest BCUT2D eigenvalue weighted by atomic mass is 9.92. The second-order valence-electron chi connectivity index (χ2n) is 4.69. The van der Waals surface area contributed by atoms with Crippen LogP contribution in [0.2, 0.25) is 0 Å². The van der Waals surface area contributed by atoms with E-state index in [1.165, 1.54) is 43.0 Å². The molecule has 0 amide bonds. The Morgan fingerprint density at radius 3 is 2.76 bits per heavy atom. The molecule has 3 N–H and O–H groups in total. The van der Waals surface area contributed by atoms with Gasteiger partial charge in [-0.25, -0.2) is 0 Å². The van der Waals surface area contributed by atoms with Crippen LogP contribution in [-0.2, 0) is 6.42 Å². The summed E-state index contributed by atoms with van der Waals surface area (Å²) in [6, 6.07) is 8.88. The molecule has 1 fully saturated rings. The van der Waals surface area contributed by atoms with Crippen LogP contribution in [0.4, 0.5) is 0 Å². The van der Waals surface area contributed by atoms with Crippen molar-refractivity contribution in [2.24, 2.45) is 11.7 Å². The van der Waals surface area contributed by atoms with Crippen LogP contribution in [0.15, 0.2) is 30.5 Å². The number of fused-ring (bicyclic) bond motifs is 1. The van der Waals surface area contributed by atoms with Gasteiger partial charge in [0.15, 0.2) is 0 Å². The molecule has 2 aromatic rings. The zero-order valence-electron chi connectivity index (χ0n) is 10.6. The van der Waals surface area contributed by atoms with Crippen LogP contribution in [0.5, 0.6) is 0 Å². The third-order valence-electron chi connectivity index (χ3n) is 3.28. The molecule has 3 rings (SSSR count). The van der Waals surface area contributed by atoms with E-state index in [1.54, 1.807) is 0 Å². The Balaban J connectivity index is 0.000000514. The molecule has 1 aromatic heterocycles. The Hall–Kier alpha value is -1.32. The van der Waals surface area contributed by atoms with E-state index >= 15 is 0 Å². The molecule has 3 nitrogen and oxygen atoms in total. The van der Waals surface area contributed by atoms with Gasteiger partial charge in [0.05, 0.1) is 0 Å². The van der Waals surface area contributed by atoms with Crippen LogP contribution < -0.4 is 5.73 Å². The number of aromatic amines is 1. The highest BCUT2D eigenvalue weighted by molar-refractivity contribution is 5.79. The fourth-order valence-electron chi connectivity index (χ4n) is 2.51. The van der Waals surface area contributed by atoms with Crippen molar-refractivity contribution in [2.75, 3.05) is 27.2 Å². The van der Waals surface area contributed by atoms with Gasteiger partial charge in [-0.1, -0.05) is 12.1 Å². The lowest BCUT2D eigenvalue weighted by Gasteiger charge is -2.36. The van der Waals surface area contributed by atoms with Crippen LogP contribution >= 0.6 is 0 Å². The average molecular weight is 231 g/mol. The van der Waals surface area contributed by atoms with Crippen LogP contribution in [0.25, 0.3) is 10.9 Å². The summed E-state index contributed by atoms with van der Waals surface area (Å²) in [5, 5.41) is 1.31. The number of nitrogens with one attached hydrogen (secondary N) is 1. The van der Waals surface area contributed by atoms with Gasteiger partial charge in [0, 0.05) is 24.8 Å². The fourth-order valence-corrected chi connectivity index (χ4v) is 2.51. The van der Waals surface area contributed by atoms with E-state index in [4.69, 9.17) is 0 Å². The number of nitrogens with two attached hydrogens (primary N) is 1. The molecule has 3 heteroatoms. The van der Waals surface area contributed by atoms with E-state index in [1.807, 2.05) is 6.20 Å². The van der Waals surface area contributed by atoms with Crippen molar-refractivity contribution in [3.8, 4) is 0 Å². The van der Waals surface area contributed by atoms with Crippen LogP contribution in [0.3, 0.4) is 0 Å². The first kappa shape index (κ1) is 12.1. The normalized spacial score (nSPS) is 16.4. The lowest BCUT2D eigenvalue weighted by molar-refractivity contribution is 0.135. The van der Waals surface area contributed by atoms with Gasteiger partial charge in [0.2, 0.25) is 0 Å². The molecular weight excluding hydrogens is 210 g/mol. The van der Waals surface area contributed by atoms with Gasteiger partial charge in [0.25, 0.3) is 0 Å². The minimum Gasteiger partial charge on any atom is -0.361 e. The zero-order chi connectivity index (χ0) is 12.3. The molecule has 0 atom stereocenters. The first-order valence-corrected chi connectivity index (χ1v) is 6.13.